The average molecular weight is 941 g/mol. The number of fused-ring (bicyclic) bond motifs is 3. The van der Waals surface area contributed by atoms with E-state index in [-0.39, 0.29) is 11.8 Å². The van der Waals surface area contributed by atoms with E-state index in [0.29, 0.717) is 5.82 Å². The molecule has 344 valence electrons. The molecule has 0 saturated carbocycles. The molecule has 16 rings (SSSR count). The van der Waals surface area contributed by atoms with Crippen LogP contribution >= 0.6 is 0 Å². The number of rotatable bonds is 6. The molecular formula is C70H44N4. The Labute approximate surface area is 427 Å². The third kappa shape index (κ3) is 6.28. The molecule has 2 aliphatic carbocycles. The van der Waals surface area contributed by atoms with Crippen LogP contribution in [0.25, 0.3) is 138 Å². The molecule has 4 nitrogen and oxygen atoms in total. The third-order valence-corrected chi connectivity index (χ3v) is 16.4. The molecule has 13 aromatic rings. The summed E-state index contributed by atoms with van der Waals surface area (Å²) in [6, 6.07) is 67.6. The highest BCUT2D eigenvalue weighted by Gasteiger charge is 2.27. The van der Waals surface area contributed by atoms with Gasteiger partial charge in [0.2, 0.25) is 0 Å². The highest BCUT2D eigenvalue weighted by molar-refractivity contribution is 6.27. The molecule has 4 heteroatoms. The second kappa shape index (κ2) is 16.1. The molecule has 0 bridgehead atoms. The number of aromatic nitrogens is 3. The SMILES string of the molecule is C1=CC2=NC=CC(c3ccc(-c4nc(-c5ccc(-c6ccnc7ccccc67)cc5)c5cc(-c6ccc7ccc8c9c(ccc6c79)CCC=8)cc(-c6ccc7ccc8cccc9ccc6c7c89)c5n4)cc3)C2C=C1. The molecule has 74 heavy (non-hydrogen) atoms. The van der Waals surface area contributed by atoms with Crippen molar-refractivity contribution in [2.75, 3.05) is 0 Å². The number of nitrogens with zero attached hydrogens (tertiary/aromatic N) is 4. The lowest BCUT2D eigenvalue weighted by Crippen LogP contribution is -2.21. The monoisotopic (exact) mass is 940 g/mol. The summed E-state index contributed by atoms with van der Waals surface area (Å²) in [5, 5.41) is 16.3. The first-order valence-electron chi connectivity index (χ1n) is 25.8. The van der Waals surface area contributed by atoms with Crippen LogP contribution in [-0.2, 0) is 6.42 Å². The molecule has 0 N–H and O–H groups in total. The van der Waals surface area contributed by atoms with Crippen LogP contribution in [0.1, 0.15) is 23.5 Å². The van der Waals surface area contributed by atoms with Crippen LogP contribution in [0.3, 0.4) is 0 Å². The standard InChI is InChI=1S/C70H44N4/c1-3-13-62-56(11-1)53(35-37-71-62)41-15-23-49(24-16-41)68-61-40-51(52-31-27-47-21-19-43-7-5-9-45-29-33-58(52)66(47)64(43)45)39-60(55-32-28-48-22-20-44-8-6-10-46-30-34-59(55)67(48)65(44)46)69(61)74-70(73-68)50-25-17-42(18-26-50)54-36-38-72-63-14-4-2-12-57(54)63/h1-4,6-8,10-40,54,57H,5,9H2. The molecule has 0 saturated heterocycles. The lowest BCUT2D eigenvalue weighted by molar-refractivity contribution is 0.731. The molecular weight excluding hydrogens is 897 g/mol. The maximum atomic E-state index is 5.72. The van der Waals surface area contributed by atoms with Crippen LogP contribution in [0, 0.1) is 5.92 Å². The van der Waals surface area contributed by atoms with Gasteiger partial charge in [0, 0.05) is 57.4 Å². The first-order valence-corrected chi connectivity index (χ1v) is 25.8. The number of pyridine rings is 1. The Morgan fingerprint density at radius 1 is 0.446 bits per heavy atom. The molecule has 2 unspecified atom stereocenters. The van der Waals surface area contributed by atoms with Crippen LogP contribution in [-0.4, -0.2) is 20.7 Å². The summed E-state index contributed by atoms with van der Waals surface area (Å²) in [4.78, 5) is 20.8. The van der Waals surface area contributed by atoms with Gasteiger partial charge in [0.1, 0.15) is 0 Å². The van der Waals surface area contributed by atoms with Crippen molar-refractivity contribution in [3.8, 4) is 56.0 Å². The first kappa shape index (κ1) is 41.3. The fraction of sp³-hybridized carbons (Fsp3) is 0.0571. The average Bonchev–Trinajstić information content (AvgIpc) is 3.51. The van der Waals surface area contributed by atoms with E-state index in [4.69, 9.17) is 15.0 Å². The van der Waals surface area contributed by atoms with Gasteiger partial charge in [-0.2, -0.15) is 0 Å². The molecule has 0 amide bonds. The van der Waals surface area contributed by atoms with Gasteiger partial charge in [-0.3, -0.25) is 9.98 Å². The Morgan fingerprint density at radius 2 is 1.16 bits per heavy atom. The van der Waals surface area contributed by atoms with Gasteiger partial charge in [-0.1, -0.05) is 188 Å². The molecule has 0 radical (unpaired) electrons. The lowest BCUT2D eigenvalue weighted by atomic mass is 9.79. The minimum absolute atomic E-state index is 0.185. The molecule has 1 aliphatic heterocycles. The van der Waals surface area contributed by atoms with E-state index in [1.165, 1.54) is 75.8 Å². The summed E-state index contributed by atoms with van der Waals surface area (Å²) >= 11 is 0. The van der Waals surface area contributed by atoms with Crippen LogP contribution in [0.15, 0.2) is 230 Å². The van der Waals surface area contributed by atoms with Crippen molar-refractivity contribution >= 4 is 87.5 Å². The maximum Gasteiger partial charge on any atom is 0.160 e. The van der Waals surface area contributed by atoms with E-state index in [0.717, 1.165) is 85.0 Å². The molecule has 2 aromatic heterocycles. The van der Waals surface area contributed by atoms with Gasteiger partial charge in [0.25, 0.3) is 0 Å². The zero-order valence-electron chi connectivity index (χ0n) is 40.3. The van der Waals surface area contributed by atoms with Gasteiger partial charge in [0.15, 0.2) is 5.82 Å². The summed E-state index contributed by atoms with van der Waals surface area (Å²) in [5.74, 6) is 1.07. The van der Waals surface area contributed by atoms with Crippen LogP contribution in [0.5, 0.6) is 0 Å². The van der Waals surface area contributed by atoms with E-state index in [2.05, 4.69) is 217 Å². The van der Waals surface area contributed by atoms with Gasteiger partial charge in [-0.25, -0.2) is 9.97 Å². The fourth-order valence-electron chi connectivity index (χ4n) is 12.8. The van der Waals surface area contributed by atoms with Gasteiger partial charge in [-0.15, -0.1) is 0 Å². The number of para-hydroxylation sites is 1. The van der Waals surface area contributed by atoms with Crippen LogP contribution in [0.2, 0.25) is 0 Å². The zero-order valence-corrected chi connectivity index (χ0v) is 40.3. The van der Waals surface area contributed by atoms with Crippen molar-refractivity contribution in [1.29, 1.82) is 0 Å². The molecule has 0 spiro atoms. The van der Waals surface area contributed by atoms with E-state index in [1.54, 1.807) is 0 Å². The van der Waals surface area contributed by atoms with Crippen LogP contribution in [0.4, 0.5) is 0 Å². The number of hydrogen-bond acceptors (Lipinski definition) is 4. The van der Waals surface area contributed by atoms with Gasteiger partial charge in [0.05, 0.1) is 16.7 Å². The molecule has 0 fully saturated rings. The van der Waals surface area contributed by atoms with E-state index in [1.807, 2.05) is 18.5 Å². The van der Waals surface area contributed by atoms with Crippen molar-refractivity contribution in [3.05, 3.63) is 241 Å². The lowest BCUT2D eigenvalue weighted by Gasteiger charge is -2.26. The van der Waals surface area contributed by atoms with Crippen molar-refractivity contribution in [2.24, 2.45) is 10.9 Å². The summed E-state index contributed by atoms with van der Waals surface area (Å²) < 4.78 is 0. The third-order valence-electron chi connectivity index (χ3n) is 16.4. The minimum Gasteiger partial charge on any atom is -0.261 e. The molecule has 3 heterocycles. The number of hydrogen-bond donors (Lipinski definition) is 0. The topological polar surface area (TPSA) is 51.0 Å². The Bertz CT molecular complexity index is 4690. The highest BCUT2D eigenvalue weighted by Crippen LogP contribution is 2.46. The van der Waals surface area contributed by atoms with Gasteiger partial charge >= 0.3 is 0 Å². The summed E-state index contributed by atoms with van der Waals surface area (Å²) in [7, 11) is 0. The maximum absolute atomic E-state index is 5.72. The predicted octanol–water partition coefficient (Wildman–Crippen LogP) is 17.0. The molecule has 11 aromatic carbocycles. The Hall–Kier alpha value is -9.38. The van der Waals surface area contributed by atoms with E-state index < -0.39 is 0 Å². The number of aliphatic imine (C=N–C) groups is 1. The largest absolute Gasteiger partial charge is 0.261 e. The Morgan fingerprint density at radius 3 is 2.04 bits per heavy atom. The van der Waals surface area contributed by atoms with Crippen molar-refractivity contribution < 1.29 is 0 Å². The van der Waals surface area contributed by atoms with E-state index >= 15 is 0 Å². The zero-order chi connectivity index (χ0) is 48.4. The van der Waals surface area contributed by atoms with Crippen molar-refractivity contribution in [1.82, 2.24) is 15.0 Å². The van der Waals surface area contributed by atoms with E-state index in [9.17, 15) is 0 Å². The minimum atomic E-state index is 0.185. The number of aryl methyl sites for hydroxylation is 1. The second-order valence-corrected chi connectivity index (χ2v) is 20.3. The quantitative estimate of drug-likeness (QED) is 0.156. The van der Waals surface area contributed by atoms with Gasteiger partial charge in [-0.05, 0) is 141 Å². The van der Waals surface area contributed by atoms with Crippen molar-refractivity contribution in [3.63, 3.8) is 0 Å². The second-order valence-electron chi connectivity index (χ2n) is 20.3. The number of benzene rings is 11. The Kier molecular flexibility index (Phi) is 8.96. The first-order chi connectivity index (χ1) is 36.7. The predicted molar refractivity (Wildman–Crippen MR) is 310 cm³/mol. The summed E-state index contributed by atoms with van der Waals surface area (Å²) in [6.45, 7) is 0. The fourth-order valence-corrected chi connectivity index (χ4v) is 12.8. The van der Waals surface area contributed by atoms with Crippen LogP contribution < -0.4 is 5.22 Å². The van der Waals surface area contributed by atoms with Gasteiger partial charge < -0.3 is 0 Å². The smallest absolute Gasteiger partial charge is 0.160 e. The summed E-state index contributed by atoms with van der Waals surface area (Å²) in [6.07, 6.45) is 19.2. The highest BCUT2D eigenvalue weighted by atomic mass is 14.9. The molecule has 2 atom stereocenters. The molecule has 3 aliphatic rings. The summed E-state index contributed by atoms with van der Waals surface area (Å²) in [5.41, 5.74) is 15.4. The Balaban J connectivity index is 0.969. The van der Waals surface area contributed by atoms with Crippen molar-refractivity contribution in [2.45, 2.75) is 18.8 Å². The number of allylic oxidation sites excluding steroid dienone is 5. The normalized spacial score (nSPS) is 16.0.